The molecule has 0 radical (unpaired) electrons. The number of ether oxygens (including phenoxy) is 2. The Hall–Kier alpha value is -3.34. The molecular weight excluding hydrogens is 352 g/mol. The van der Waals surface area contributed by atoms with Gasteiger partial charge >= 0.3 is 0 Å². The molecule has 0 saturated heterocycles. The van der Waals surface area contributed by atoms with Crippen molar-refractivity contribution in [2.24, 2.45) is 0 Å². The number of rotatable bonds is 5. The van der Waals surface area contributed by atoms with Gasteiger partial charge in [0.05, 0.1) is 7.11 Å². The van der Waals surface area contributed by atoms with E-state index in [1.165, 1.54) is 0 Å². The zero-order valence-corrected chi connectivity index (χ0v) is 15.9. The highest BCUT2D eigenvalue weighted by atomic mass is 16.5. The quantitative estimate of drug-likeness (QED) is 0.660. The van der Waals surface area contributed by atoms with Crippen LogP contribution in [0.15, 0.2) is 54.7 Å². The van der Waals surface area contributed by atoms with Crippen molar-refractivity contribution in [3.63, 3.8) is 0 Å². The lowest BCUT2D eigenvalue weighted by molar-refractivity contribution is 0.0975. The highest BCUT2D eigenvalue weighted by Crippen LogP contribution is 2.38. The minimum Gasteiger partial charge on any atom is -0.497 e. The summed E-state index contributed by atoms with van der Waals surface area (Å²) >= 11 is 0. The number of fused-ring (bicyclic) bond motifs is 3. The molecule has 0 aliphatic carbocycles. The summed E-state index contributed by atoms with van der Waals surface area (Å²) in [6.07, 6.45) is 2.15. The van der Waals surface area contributed by atoms with Gasteiger partial charge in [-0.1, -0.05) is 25.1 Å². The standard InChI is InChI=1S/C23H22N2O3/c1-14(15-4-3-5-18(9-15)27-2)8-21(26)16-6-7-19-20-11-23(24)25-12-17(20)13-28-22(19)10-16/h3-7,9-12,14H,8,13H2,1-2H3,(H2,24,25)/t14-/m0/s1. The van der Waals surface area contributed by atoms with Crippen LogP contribution in [0.25, 0.3) is 11.1 Å². The summed E-state index contributed by atoms with van der Waals surface area (Å²) < 4.78 is 11.1. The van der Waals surface area contributed by atoms with E-state index in [4.69, 9.17) is 15.2 Å². The van der Waals surface area contributed by atoms with Gasteiger partial charge in [-0.15, -0.1) is 0 Å². The summed E-state index contributed by atoms with van der Waals surface area (Å²) in [5, 5.41) is 0. The minimum absolute atomic E-state index is 0.0850. The van der Waals surface area contributed by atoms with Crippen molar-refractivity contribution >= 4 is 11.6 Å². The van der Waals surface area contributed by atoms with Crippen molar-refractivity contribution in [1.29, 1.82) is 0 Å². The number of benzene rings is 2. The number of methoxy groups -OCH3 is 1. The Kier molecular flexibility index (Phi) is 4.74. The molecule has 0 spiro atoms. The normalized spacial score (nSPS) is 13.1. The molecule has 0 bridgehead atoms. The van der Waals surface area contributed by atoms with Gasteiger partial charge in [-0.05, 0) is 47.4 Å². The van der Waals surface area contributed by atoms with E-state index >= 15 is 0 Å². The molecular formula is C23H22N2O3. The molecule has 5 nitrogen and oxygen atoms in total. The fourth-order valence-corrected chi connectivity index (χ4v) is 3.52. The summed E-state index contributed by atoms with van der Waals surface area (Å²) in [6.45, 7) is 2.47. The van der Waals surface area contributed by atoms with E-state index in [0.717, 1.165) is 28.0 Å². The molecule has 2 heterocycles. The predicted molar refractivity (Wildman–Crippen MR) is 109 cm³/mol. The predicted octanol–water partition coefficient (Wildman–Crippen LogP) is 4.61. The van der Waals surface area contributed by atoms with Crippen molar-refractivity contribution in [2.45, 2.75) is 25.9 Å². The van der Waals surface area contributed by atoms with Gasteiger partial charge < -0.3 is 15.2 Å². The first kappa shape index (κ1) is 18.0. The van der Waals surface area contributed by atoms with E-state index in [0.29, 0.717) is 30.2 Å². The smallest absolute Gasteiger partial charge is 0.163 e. The number of pyridine rings is 1. The number of nitrogens with zero attached hydrogens (tertiary/aromatic N) is 1. The molecule has 142 valence electrons. The second-order valence-corrected chi connectivity index (χ2v) is 7.07. The second kappa shape index (κ2) is 7.35. The van der Waals surface area contributed by atoms with Gasteiger partial charge in [0, 0.05) is 29.3 Å². The van der Waals surface area contributed by atoms with Crippen LogP contribution in [0, 0.1) is 0 Å². The van der Waals surface area contributed by atoms with E-state index in [2.05, 4.69) is 4.98 Å². The van der Waals surface area contributed by atoms with Crippen molar-refractivity contribution in [3.8, 4) is 22.6 Å². The Bertz CT molecular complexity index is 1050. The van der Waals surface area contributed by atoms with Crippen LogP contribution in [-0.2, 0) is 6.61 Å². The van der Waals surface area contributed by atoms with Gasteiger partial charge in [0.25, 0.3) is 0 Å². The van der Waals surface area contributed by atoms with E-state index in [9.17, 15) is 4.79 Å². The largest absolute Gasteiger partial charge is 0.497 e. The van der Waals surface area contributed by atoms with Crippen molar-refractivity contribution in [2.75, 3.05) is 12.8 Å². The Morgan fingerprint density at radius 3 is 2.89 bits per heavy atom. The van der Waals surface area contributed by atoms with Crippen LogP contribution in [0.4, 0.5) is 5.82 Å². The van der Waals surface area contributed by atoms with Crippen molar-refractivity contribution < 1.29 is 14.3 Å². The molecule has 3 aromatic rings. The second-order valence-electron chi connectivity index (χ2n) is 7.07. The van der Waals surface area contributed by atoms with Gasteiger partial charge in [0.15, 0.2) is 5.78 Å². The molecule has 1 aliphatic rings. The van der Waals surface area contributed by atoms with Gasteiger partial charge in [-0.2, -0.15) is 0 Å². The number of nitrogen functional groups attached to an aromatic ring is 1. The molecule has 0 fully saturated rings. The fourth-order valence-electron chi connectivity index (χ4n) is 3.52. The fraction of sp³-hybridized carbons (Fsp3) is 0.217. The first-order valence-electron chi connectivity index (χ1n) is 9.24. The number of hydrogen-bond donors (Lipinski definition) is 1. The molecule has 2 N–H and O–H groups in total. The third-order valence-corrected chi connectivity index (χ3v) is 5.14. The molecule has 1 aromatic heterocycles. The Balaban J connectivity index is 1.56. The summed E-state index contributed by atoms with van der Waals surface area (Å²) in [6, 6.07) is 15.3. The Morgan fingerprint density at radius 1 is 1.21 bits per heavy atom. The number of ketones is 1. The monoisotopic (exact) mass is 374 g/mol. The molecule has 1 aliphatic heterocycles. The highest BCUT2D eigenvalue weighted by Gasteiger charge is 2.21. The van der Waals surface area contributed by atoms with E-state index in [1.807, 2.05) is 55.5 Å². The first-order valence-corrected chi connectivity index (χ1v) is 9.24. The number of anilines is 1. The van der Waals surface area contributed by atoms with E-state index < -0.39 is 0 Å². The molecule has 0 saturated carbocycles. The van der Waals surface area contributed by atoms with Crippen molar-refractivity contribution in [1.82, 2.24) is 4.98 Å². The molecule has 2 aromatic carbocycles. The lowest BCUT2D eigenvalue weighted by Gasteiger charge is -2.21. The van der Waals surface area contributed by atoms with Gasteiger partial charge in [0.2, 0.25) is 0 Å². The van der Waals surface area contributed by atoms with Crippen molar-refractivity contribution in [3.05, 3.63) is 71.4 Å². The van der Waals surface area contributed by atoms with Crippen LogP contribution in [-0.4, -0.2) is 17.9 Å². The topological polar surface area (TPSA) is 74.4 Å². The number of nitrogens with two attached hydrogens (primary N) is 1. The summed E-state index contributed by atoms with van der Waals surface area (Å²) in [5.41, 5.74) is 10.5. The van der Waals surface area contributed by atoms with Crippen LogP contribution < -0.4 is 15.2 Å². The van der Waals surface area contributed by atoms with E-state index in [1.54, 1.807) is 13.3 Å². The van der Waals surface area contributed by atoms with Gasteiger partial charge in [-0.3, -0.25) is 4.79 Å². The third-order valence-electron chi connectivity index (χ3n) is 5.14. The third kappa shape index (κ3) is 3.43. The van der Waals surface area contributed by atoms with Crippen LogP contribution in [0.2, 0.25) is 0 Å². The number of carbonyl (C=O) groups is 1. The number of aromatic nitrogens is 1. The van der Waals surface area contributed by atoms with Gasteiger partial charge in [0.1, 0.15) is 23.9 Å². The molecule has 28 heavy (non-hydrogen) atoms. The van der Waals surface area contributed by atoms with Crippen LogP contribution in [0.3, 0.4) is 0 Å². The highest BCUT2D eigenvalue weighted by molar-refractivity contribution is 5.98. The Labute approximate surface area is 164 Å². The average Bonchev–Trinajstić information content (AvgIpc) is 2.73. The maximum atomic E-state index is 12.9. The van der Waals surface area contributed by atoms with Gasteiger partial charge in [-0.25, -0.2) is 4.98 Å². The maximum Gasteiger partial charge on any atom is 0.163 e. The van der Waals surface area contributed by atoms with Crippen LogP contribution >= 0.6 is 0 Å². The molecule has 5 heteroatoms. The summed E-state index contributed by atoms with van der Waals surface area (Å²) in [7, 11) is 1.64. The molecule has 0 unspecified atom stereocenters. The zero-order chi connectivity index (χ0) is 19.7. The lowest BCUT2D eigenvalue weighted by Crippen LogP contribution is -2.09. The van der Waals surface area contributed by atoms with E-state index in [-0.39, 0.29) is 11.7 Å². The number of hydrogen-bond acceptors (Lipinski definition) is 5. The number of Topliss-reactive ketones (excluding diaryl/α,β-unsaturated/α-hetero) is 1. The minimum atomic E-state index is 0.0850. The SMILES string of the molecule is COc1cccc([C@@H](C)CC(=O)c2ccc3c(c2)OCc2cnc(N)cc2-3)c1. The molecule has 0 amide bonds. The van der Waals surface area contributed by atoms with Crippen LogP contribution in [0.5, 0.6) is 11.5 Å². The van der Waals surface area contributed by atoms with Crippen LogP contribution in [0.1, 0.15) is 40.7 Å². The maximum absolute atomic E-state index is 12.9. The molecule has 1 atom stereocenters. The summed E-state index contributed by atoms with van der Waals surface area (Å²) in [4.78, 5) is 17.0. The summed E-state index contributed by atoms with van der Waals surface area (Å²) in [5.74, 6) is 2.15. The first-order chi connectivity index (χ1) is 13.5. The number of carbonyl (C=O) groups excluding carboxylic acids is 1. The average molecular weight is 374 g/mol. The molecule has 4 rings (SSSR count). The lowest BCUT2D eigenvalue weighted by atomic mass is 9.91. The Morgan fingerprint density at radius 2 is 2.07 bits per heavy atom. The zero-order valence-electron chi connectivity index (χ0n) is 15.9.